The van der Waals surface area contributed by atoms with Gasteiger partial charge in [0, 0.05) is 30.7 Å². The molecule has 0 spiro atoms. The monoisotopic (exact) mass is 255 g/mol. The molecule has 3 rings (SSSR count). The number of benzene rings is 1. The molecule has 2 N–H and O–H groups in total. The Morgan fingerprint density at radius 1 is 1.21 bits per heavy atom. The lowest BCUT2D eigenvalue weighted by molar-refractivity contribution is 0.0955. The molecule has 0 aliphatic heterocycles. The zero-order valence-electron chi connectivity index (χ0n) is 10.7. The Hall–Kier alpha value is -1.94. The van der Waals surface area contributed by atoms with Crippen molar-refractivity contribution >= 4 is 16.8 Å². The van der Waals surface area contributed by atoms with Crippen LogP contribution in [0.3, 0.4) is 0 Å². The molecule has 1 fully saturated rings. The first kappa shape index (κ1) is 12.1. The first-order valence-corrected chi connectivity index (χ1v) is 6.70. The van der Waals surface area contributed by atoms with E-state index in [2.05, 4.69) is 15.6 Å². The van der Waals surface area contributed by atoms with Crippen molar-refractivity contribution in [1.82, 2.24) is 15.6 Å². The average molecular weight is 255 g/mol. The van der Waals surface area contributed by atoms with Crippen molar-refractivity contribution in [2.24, 2.45) is 0 Å². The molecule has 4 heteroatoms. The minimum atomic E-state index is -0.0313. The lowest BCUT2D eigenvalue weighted by atomic mass is 10.1. The number of aromatic nitrogens is 1. The smallest absolute Gasteiger partial charge is 0.252 e. The number of pyridine rings is 1. The highest BCUT2D eigenvalue weighted by Crippen LogP contribution is 2.18. The minimum Gasteiger partial charge on any atom is -0.351 e. The van der Waals surface area contributed by atoms with E-state index in [4.69, 9.17) is 0 Å². The SMILES string of the molecule is O=C(NCCNC1CC1)c1ccnc2ccccc12. The molecule has 1 heterocycles. The Labute approximate surface area is 112 Å². The number of carbonyl (C=O) groups is 1. The molecule has 1 amide bonds. The van der Waals surface area contributed by atoms with Crippen molar-refractivity contribution in [1.29, 1.82) is 0 Å². The van der Waals surface area contributed by atoms with Crippen LogP contribution in [0.15, 0.2) is 36.5 Å². The largest absolute Gasteiger partial charge is 0.351 e. The topological polar surface area (TPSA) is 54.0 Å². The molecule has 1 aromatic heterocycles. The molecule has 0 unspecified atom stereocenters. The van der Waals surface area contributed by atoms with Gasteiger partial charge in [-0.2, -0.15) is 0 Å². The van der Waals surface area contributed by atoms with Crippen LogP contribution in [0.5, 0.6) is 0 Å². The zero-order valence-corrected chi connectivity index (χ0v) is 10.7. The third kappa shape index (κ3) is 2.90. The van der Waals surface area contributed by atoms with Crippen LogP contribution in [0.2, 0.25) is 0 Å². The van der Waals surface area contributed by atoms with Crippen LogP contribution in [-0.4, -0.2) is 30.0 Å². The quantitative estimate of drug-likeness (QED) is 0.800. The number of amides is 1. The summed E-state index contributed by atoms with van der Waals surface area (Å²) in [5.74, 6) is -0.0313. The van der Waals surface area contributed by atoms with Gasteiger partial charge in [-0.3, -0.25) is 9.78 Å². The van der Waals surface area contributed by atoms with Crippen molar-refractivity contribution in [2.75, 3.05) is 13.1 Å². The third-order valence-corrected chi connectivity index (χ3v) is 3.31. The average Bonchev–Trinajstić information content (AvgIpc) is 3.27. The predicted octanol–water partition coefficient (Wildman–Crippen LogP) is 1.72. The summed E-state index contributed by atoms with van der Waals surface area (Å²) in [5, 5.41) is 7.22. The molecule has 1 aliphatic rings. The van der Waals surface area contributed by atoms with Gasteiger partial charge >= 0.3 is 0 Å². The van der Waals surface area contributed by atoms with E-state index in [1.165, 1.54) is 12.8 Å². The predicted molar refractivity (Wildman–Crippen MR) is 75.1 cm³/mol. The highest BCUT2D eigenvalue weighted by atomic mass is 16.1. The number of hydrogen-bond donors (Lipinski definition) is 2. The van der Waals surface area contributed by atoms with Gasteiger partial charge in [0.15, 0.2) is 0 Å². The van der Waals surface area contributed by atoms with Crippen molar-refractivity contribution < 1.29 is 4.79 Å². The summed E-state index contributed by atoms with van der Waals surface area (Å²) in [6.07, 6.45) is 4.21. The van der Waals surface area contributed by atoms with Crippen LogP contribution in [-0.2, 0) is 0 Å². The van der Waals surface area contributed by atoms with E-state index in [1.807, 2.05) is 24.3 Å². The van der Waals surface area contributed by atoms with Gasteiger partial charge < -0.3 is 10.6 Å². The van der Waals surface area contributed by atoms with Gasteiger partial charge in [0.05, 0.1) is 11.1 Å². The van der Waals surface area contributed by atoms with Crippen molar-refractivity contribution in [2.45, 2.75) is 18.9 Å². The molecule has 0 saturated heterocycles. The van der Waals surface area contributed by atoms with Crippen molar-refractivity contribution in [3.8, 4) is 0 Å². The first-order valence-electron chi connectivity index (χ1n) is 6.70. The Kier molecular flexibility index (Phi) is 3.42. The summed E-state index contributed by atoms with van der Waals surface area (Å²) in [4.78, 5) is 16.4. The number of nitrogens with zero attached hydrogens (tertiary/aromatic N) is 1. The first-order chi connectivity index (χ1) is 9.34. The van der Waals surface area contributed by atoms with E-state index in [1.54, 1.807) is 12.3 Å². The van der Waals surface area contributed by atoms with Crippen LogP contribution >= 0.6 is 0 Å². The second-order valence-corrected chi connectivity index (χ2v) is 4.86. The second kappa shape index (κ2) is 5.36. The number of rotatable bonds is 5. The summed E-state index contributed by atoms with van der Waals surface area (Å²) in [5.41, 5.74) is 1.54. The van der Waals surface area contributed by atoms with Gasteiger partial charge in [-0.05, 0) is 25.0 Å². The number of carbonyl (C=O) groups excluding carboxylic acids is 1. The normalized spacial score (nSPS) is 14.5. The van der Waals surface area contributed by atoms with Crippen LogP contribution in [0.4, 0.5) is 0 Å². The fourth-order valence-corrected chi connectivity index (χ4v) is 2.13. The molecule has 98 valence electrons. The molecular formula is C15H17N3O. The summed E-state index contributed by atoms with van der Waals surface area (Å²) < 4.78 is 0. The Morgan fingerprint density at radius 3 is 2.89 bits per heavy atom. The number of nitrogens with one attached hydrogen (secondary N) is 2. The van der Waals surface area contributed by atoms with E-state index in [0.717, 1.165) is 17.4 Å². The van der Waals surface area contributed by atoms with E-state index < -0.39 is 0 Å². The molecule has 0 radical (unpaired) electrons. The van der Waals surface area contributed by atoms with Gasteiger partial charge in [0.2, 0.25) is 0 Å². The molecule has 0 bridgehead atoms. The molecule has 4 nitrogen and oxygen atoms in total. The Balaban J connectivity index is 1.66. The van der Waals surface area contributed by atoms with Crippen molar-refractivity contribution in [3.05, 3.63) is 42.1 Å². The Morgan fingerprint density at radius 2 is 2.05 bits per heavy atom. The van der Waals surface area contributed by atoms with Gasteiger partial charge in [-0.15, -0.1) is 0 Å². The van der Waals surface area contributed by atoms with E-state index in [0.29, 0.717) is 18.2 Å². The molecule has 19 heavy (non-hydrogen) atoms. The maximum absolute atomic E-state index is 12.2. The van der Waals surface area contributed by atoms with E-state index in [9.17, 15) is 4.79 Å². The second-order valence-electron chi connectivity index (χ2n) is 4.86. The number of fused-ring (bicyclic) bond motifs is 1. The van der Waals surface area contributed by atoms with E-state index in [-0.39, 0.29) is 5.91 Å². The standard InChI is InChI=1S/C15H17N3O/c19-15(18-10-9-16-11-5-6-11)13-7-8-17-14-4-2-1-3-12(13)14/h1-4,7-8,11,16H,5-6,9-10H2,(H,18,19). The van der Waals surface area contributed by atoms with Gasteiger partial charge in [-0.1, -0.05) is 18.2 Å². The fourth-order valence-electron chi connectivity index (χ4n) is 2.13. The molecular weight excluding hydrogens is 238 g/mol. The molecule has 2 aromatic rings. The fraction of sp³-hybridized carbons (Fsp3) is 0.333. The van der Waals surface area contributed by atoms with E-state index >= 15 is 0 Å². The summed E-state index contributed by atoms with van der Waals surface area (Å²) in [6, 6.07) is 10.2. The van der Waals surface area contributed by atoms with Gasteiger partial charge in [-0.25, -0.2) is 0 Å². The summed E-state index contributed by atoms with van der Waals surface area (Å²) in [6.45, 7) is 1.49. The van der Waals surface area contributed by atoms with Crippen LogP contribution in [0.1, 0.15) is 23.2 Å². The lowest BCUT2D eigenvalue weighted by Gasteiger charge is -2.08. The van der Waals surface area contributed by atoms with Crippen LogP contribution < -0.4 is 10.6 Å². The molecule has 1 saturated carbocycles. The maximum Gasteiger partial charge on any atom is 0.252 e. The number of hydrogen-bond acceptors (Lipinski definition) is 3. The third-order valence-electron chi connectivity index (χ3n) is 3.31. The highest BCUT2D eigenvalue weighted by molar-refractivity contribution is 6.05. The zero-order chi connectivity index (χ0) is 13.1. The molecule has 1 aliphatic carbocycles. The van der Waals surface area contributed by atoms with Crippen LogP contribution in [0.25, 0.3) is 10.9 Å². The van der Waals surface area contributed by atoms with Crippen molar-refractivity contribution in [3.63, 3.8) is 0 Å². The van der Waals surface area contributed by atoms with Crippen LogP contribution in [0, 0.1) is 0 Å². The summed E-state index contributed by atoms with van der Waals surface area (Å²) in [7, 11) is 0. The summed E-state index contributed by atoms with van der Waals surface area (Å²) >= 11 is 0. The lowest BCUT2D eigenvalue weighted by Crippen LogP contribution is -2.32. The maximum atomic E-state index is 12.2. The minimum absolute atomic E-state index is 0.0313. The molecule has 0 atom stereocenters. The van der Waals surface area contributed by atoms with Gasteiger partial charge in [0.1, 0.15) is 0 Å². The Bertz CT molecular complexity index is 587. The number of para-hydroxylation sites is 1. The highest BCUT2D eigenvalue weighted by Gasteiger charge is 2.19. The molecule has 1 aromatic carbocycles. The van der Waals surface area contributed by atoms with Gasteiger partial charge in [0.25, 0.3) is 5.91 Å².